The first-order valence-electron chi connectivity index (χ1n) is 5.42. The molecule has 0 amide bonds. The molecule has 0 bridgehead atoms. The van der Waals surface area contributed by atoms with Gasteiger partial charge in [0, 0.05) is 10.7 Å². The molecule has 0 aliphatic heterocycles. The zero-order chi connectivity index (χ0) is 13.6. The van der Waals surface area contributed by atoms with Crippen LogP contribution in [-0.2, 0) is 9.05 Å². The Hall–Kier alpha value is -1.32. The van der Waals surface area contributed by atoms with E-state index in [9.17, 15) is 8.42 Å². The van der Waals surface area contributed by atoms with Crippen molar-refractivity contribution in [3.8, 4) is 0 Å². The summed E-state index contributed by atoms with van der Waals surface area (Å²) in [4.78, 5) is 0.143. The third kappa shape index (κ3) is 5.34. The van der Waals surface area contributed by atoms with Crippen LogP contribution in [0.25, 0.3) is 0 Å². The van der Waals surface area contributed by atoms with Gasteiger partial charge in [0.15, 0.2) is 0 Å². The molecule has 0 saturated carbocycles. The van der Waals surface area contributed by atoms with Crippen LogP contribution in [0.15, 0.2) is 59.5 Å². The summed E-state index contributed by atoms with van der Waals surface area (Å²) in [7, 11) is 1.54. The largest absolute Gasteiger partial charge is 0.261 e. The van der Waals surface area contributed by atoms with Crippen molar-refractivity contribution in [1.82, 2.24) is 0 Å². The van der Waals surface area contributed by atoms with E-state index >= 15 is 0 Å². The van der Waals surface area contributed by atoms with E-state index in [-0.39, 0.29) is 4.90 Å². The highest BCUT2D eigenvalue weighted by Gasteiger charge is 2.07. The van der Waals surface area contributed by atoms with Crippen molar-refractivity contribution in [1.29, 1.82) is 0 Å². The highest BCUT2D eigenvalue weighted by molar-refractivity contribution is 8.13. The van der Waals surface area contributed by atoms with E-state index in [2.05, 4.69) is 19.1 Å². The Kier molecular flexibility index (Phi) is 5.38. The molecule has 0 saturated heterocycles. The molecular weight excluding hydrogens is 268 g/mol. The quantitative estimate of drug-likeness (QED) is 0.743. The Morgan fingerprint density at radius 1 is 0.778 bits per heavy atom. The molecule has 96 valence electrons. The van der Waals surface area contributed by atoms with Crippen molar-refractivity contribution in [2.75, 3.05) is 0 Å². The molecule has 0 aliphatic rings. The number of aryl methyl sites for hydroxylation is 2. The predicted octanol–water partition coefficient (Wildman–Crippen LogP) is 3.92. The van der Waals surface area contributed by atoms with Crippen LogP contribution in [0.4, 0.5) is 0 Å². The molecule has 0 aromatic heterocycles. The van der Waals surface area contributed by atoms with Gasteiger partial charge in [-0.25, -0.2) is 8.42 Å². The molecule has 2 nitrogen and oxygen atoms in total. The Morgan fingerprint density at radius 2 is 1.22 bits per heavy atom. The van der Waals surface area contributed by atoms with Crippen LogP contribution in [0.2, 0.25) is 0 Å². The van der Waals surface area contributed by atoms with Gasteiger partial charge in [0.25, 0.3) is 9.05 Å². The molecule has 2 aromatic rings. The zero-order valence-electron chi connectivity index (χ0n) is 10.3. The highest BCUT2D eigenvalue weighted by Crippen LogP contribution is 2.14. The Balaban J connectivity index is 0.000000199. The average molecular weight is 283 g/mol. The SMILES string of the molecule is Cc1ccc(S(=O)(=O)Cl)cc1.Cc1ccccc1. The van der Waals surface area contributed by atoms with E-state index < -0.39 is 9.05 Å². The second-order valence-corrected chi connectivity index (χ2v) is 6.47. The fourth-order valence-electron chi connectivity index (χ4n) is 1.24. The van der Waals surface area contributed by atoms with Gasteiger partial charge < -0.3 is 0 Å². The Morgan fingerprint density at radius 3 is 1.56 bits per heavy atom. The molecule has 0 aliphatic carbocycles. The first kappa shape index (κ1) is 14.7. The van der Waals surface area contributed by atoms with Crippen LogP contribution >= 0.6 is 10.7 Å². The van der Waals surface area contributed by atoms with E-state index in [1.54, 1.807) is 12.1 Å². The van der Waals surface area contributed by atoms with Gasteiger partial charge in [0.05, 0.1) is 4.90 Å². The van der Waals surface area contributed by atoms with E-state index in [1.165, 1.54) is 17.7 Å². The van der Waals surface area contributed by atoms with Gasteiger partial charge in [-0.1, -0.05) is 53.6 Å². The molecule has 0 radical (unpaired) electrons. The molecule has 0 spiro atoms. The minimum absolute atomic E-state index is 0.143. The van der Waals surface area contributed by atoms with Crippen LogP contribution in [0.1, 0.15) is 11.1 Å². The first-order chi connectivity index (χ1) is 8.39. The number of benzene rings is 2. The lowest BCUT2D eigenvalue weighted by molar-refractivity contribution is 0.609. The lowest BCUT2D eigenvalue weighted by Crippen LogP contribution is -1.89. The summed E-state index contributed by atoms with van der Waals surface area (Å²) in [5.41, 5.74) is 2.33. The molecule has 4 heteroatoms. The molecule has 0 atom stereocenters. The minimum atomic E-state index is -3.55. The van der Waals surface area contributed by atoms with Crippen molar-refractivity contribution in [2.24, 2.45) is 0 Å². The van der Waals surface area contributed by atoms with Crippen LogP contribution in [0, 0.1) is 13.8 Å². The smallest absolute Gasteiger partial charge is 0.207 e. The second-order valence-electron chi connectivity index (χ2n) is 3.91. The monoisotopic (exact) mass is 282 g/mol. The fourth-order valence-corrected chi connectivity index (χ4v) is 2.00. The summed E-state index contributed by atoms with van der Waals surface area (Å²) in [6, 6.07) is 16.6. The first-order valence-corrected chi connectivity index (χ1v) is 7.73. The van der Waals surface area contributed by atoms with Gasteiger partial charge in [-0.15, -0.1) is 0 Å². The predicted molar refractivity (Wildman–Crippen MR) is 75.4 cm³/mol. The molecule has 0 unspecified atom stereocenters. The maximum Gasteiger partial charge on any atom is 0.261 e. The van der Waals surface area contributed by atoms with Crippen molar-refractivity contribution in [3.63, 3.8) is 0 Å². The Labute approximate surface area is 113 Å². The number of hydrogen-bond donors (Lipinski definition) is 0. The molecule has 18 heavy (non-hydrogen) atoms. The fraction of sp³-hybridized carbons (Fsp3) is 0.143. The lowest BCUT2D eigenvalue weighted by Gasteiger charge is -1.94. The van der Waals surface area contributed by atoms with Gasteiger partial charge >= 0.3 is 0 Å². The van der Waals surface area contributed by atoms with E-state index in [4.69, 9.17) is 10.7 Å². The third-order valence-corrected chi connectivity index (χ3v) is 3.61. The van der Waals surface area contributed by atoms with E-state index in [0.29, 0.717) is 0 Å². The normalized spacial score (nSPS) is 10.4. The maximum absolute atomic E-state index is 10.7. The number of hydrogen-bond acceptors (Lipinski definition) is 2. The van der Waals surface area contributed by atoms with Crippen molar-refractivity contribution in [3.05, 3.63) is 65.7 Å². The summed E-state index contributed by atoms with van der Waals surface area (Å²) in [5, 5.41) is 0. The standard InChI is InChI=1S/C7H7ClO2S.C7H8/c1-6-2-4-7(5-3-6)11(8,9)10;1-7-5-3-2-4-6-7/h2-5H,1H3;2-6H,1H3. The van der Waals surface area contributed by atoms with Gasteiger partial charge in [-0.2, -0.15) is 0 Å². The average Bonchev–Trinajstić information content (AvgIpc) is 2.30. The number of rotatable bonds is 1. The molecule has 0 fully saturated rings. The molecule has 0 N–H and O–H groups in total. The summed E-state index contributed by atoms with van der Waals surface area (Å²) < 4.78 is 21.4. The zero-order valence-corrected chi connectivity index (χ0v) is 11.9. The molecular formula is C14H15ClO2S. The minimum Gasteiger partial charge on any atom is -0.207 e. The van der Waals surface area contributed by atoms with Crippen molar-refractivity contribution < 1.29 is 8.42 Å². The highest BCUT2D eigenvalue weighted by atomic mass is 35.7. The van der Waals surface area contributed by atoms with E-state index in [0.717, 1.165) is 5.56 Å². The van der Waals surface area contributed by atoms with Crippen LogP contribution in [0.5, 0.6) is 0 Å². The molecule has 0 heterocycles. The topological polar surface area (TPSA) is 34.1 Å². The molecule has 2 aromatic carbocycles. The van der Waals surface area contributed by atoms with Crippen molar-refractivity contribution >= 4 is 19.7 Å². The molecule has 2 rings (SSSR count). The maximum atomic E-state index is 10.7. The van der Waals surface area contributed by atoms with Gasteiger partial charge in [-0.3, -0.25) is 0 Å². The summed E-state index contributed by atoms with van der Waals surface area (Å²) in [5.74, 6) is 0. The summed E-state index contributed by atoms with van der Waals surface area (Å²) >= 11 is 0. The van der Waals surface area contributed by atoms with Crippen LogP contribution in [-0.4, -0.2) is 8.42 Å². The number of halogens is 1. The summed E-state index contributed by atoms with van der Waals surface area (Å²) in [6.07, 6.45) is 0. The second kappa shape index (κ2) is 6.57. The van der Waals surface area contributed by atoms with Gasteiger partial charge in [0.1, 0.15) is 0 Å². The van der Waals surface area contributed by atoms with E-state index in [1.807, 2.05) is 25.1 Å². The van der Waals surface area contributed by atoms with Crippen molar-refractivity contribution in [2.45, 2.75) is 18.7 Å². The summed E-state index contributed by atoms with van der Waals surface area (Å²) in [6.45, 7) is 3.96. The third-order valence-electron chi connectivity index (χ3n) is 2.24. The van der Waals surface area contributed by atoms with Crippen LogP contribution < -0.4 is 0 Å². The Bertz CT molecular complexity index is 575. The van der Waals surface area contributed by atoms with Gasteiger partial charge in [0.2, 0.25) is 0 Å². The lowest BCUT2D eigenvalue weighted by atomic mass is 10.2. The van der Waals surface area contributed by atoms with Crippen LogP contribution in [0.3, 0.4) is 0 Å². The van der Waals surface area contributed by atoms with Gasteiger partial charge in [-0.05, 0) is 26.0 Å².